The number of rotatable bonds is 6. The number of carbonyl (C=O) groups is 2. The lowest BCUT2D eigenvalue weighted by molar-refractivity contribution is -0.145. The van der Waals surface area contributed by atoms with Crippen LogP contribution in [-0.4, -0.2) is 35.0 Å². The van der Waals surface area contributed by atoms with Crippen LogP contribution in [0.15, 0.2) is 18.2 Å². The van der Waals surface area contributed by atoms with Gasteiger partial charge in [0, 0.05) is 12.5 Å². The number of aliphatic carboxylic acids is 1. The normalized spacial score (nSPS) is 20.1. The second kappa shape index (κ2) is 6.20. The average Bonchev–Trinajstić information content (AvgIpc) is 3.20. The number of nitrogens with zero attached hydrogens (tertiary/aromatic N) is 1. The summed E-state index contributed by atoms with van der Waals surface area (Å²) in [7, 11) is 0. The van der Waals surface area contributed by atoms with E-state index in [0.29, 0.717) is 24.9 Å². The molecule has 0 spiro atoms. The molecule has 4 nitrogen and oxygen atoms in total. The van der Waals surface area contributed by atoms with Crippen molar-refractivity contribution in [2.45, 2.75) is 25.7 Å². The predicted octanol–water partition coefficient (Wildman–Crippen LogP) is 2.39. The second-order valence-electron chi connectivity index (χ2n) is 5.28. The molecule has 0 aliphatic heterocycles. The molecular formula is C15H17F2NO3. The molecule has 1 fully saturated rings. The highest BCUT2D eigenvalue weighted by Gasteiger charge is 2.46. The SMILES string of the molecule is CCCN(CC(=O)O)C(=O)C1CC1c1ccc(F)c(F)c1. The standard InChI is InChI=1S/C15H17F2NO3/c1-2-5-18(8-14(19)20)15(21)11-7-10(11)9-3-4-12(16)13(17)6-9/h3-4,6,10-11H,2,5,7-8H2,1H3,(H,19,20). The first kappa shape index (κ1) is 15.4. The maximum atomic E-state index is 13.2. The molecule has 0 saturated heterocycles. The van der Waals surface area contributed by atoms with Crippen molar-refractivity contribution in [3.63, 3.8) is 0 Å². The zero-order chi connectivity index (χ0) is 15.6. The molecule has 1 aliphatic rings. The zero-order valence-electron chi connectivity index (χ0n) is 11.7. The lowest BCUT2D eigenvalue weighted by Gasteiger charge is -2.20. The minimum atomic E-state index is -1.05. The predicted molar refractivity (Wildman–Crippen MR) is 71.7 cm³/mol. The average molecular weight is 297 g/mol. The van der Waals surface area contributed by atoms with Gasteiger partial charge < -0.3 is 10.0 Å². The largest absolute Gasteiger partial charge is 0.480 e. The van der Waals surface area contributed by atoms with E-state index in [1.807, 2.05) is 6.92 Å². The van der Waals surface area contributed by atoms with Crippen LogP contribution in [0.3, 0.4) is 0 Å². The van der Waals surface area contributed by atoms with Crippen molar-refractivity contribution in [1.82, 2.24) is 4.90 Å². The Bertz CT molecular complexity index is 562. The first-order valence-electron chi connectivity index (χ1n) is 6.89. The van der Waals surface area contributed by atoms with E-state index in [2.05, 4.69) is 0 Å². The highest BCUT2D eigenvalue weighted by molar-refractivity contribution is 5.86. The molecule has 1 N–H and O–H groups in total. The van der Waals surface area contributed by atoms with Crippen molar-refractivity contribution in [2.24, 2.45) is 5.92 Å². The van der Waals surface area contributed by atoms with Crippen LogP contribution in [0.2, 0.25) is 0 Å². The molecule has 0 radical (unpaired) electrons. The third-order valence-electron chi connectivity index (χ3n) is 3.61. The molecule has 2 atom stereocenters. The number of hydrogen-bond donors (Lipinski definition) is 1. The van der Waals surface area contributed by atoms with Crippen molar-refractivity contribution in [3.05, 3.63) is 35.4 Å². The summed E-state index contributed by atoms with van der Waals surface area (Å²) in [5.74, 6) is -3.61. The van der Waals surface area contributed by atoms with Crippen molar-refractivity contribution < 1.29 is 23.5 Å². The van der Waals surface area contributed by atoms with Gasteiger partial charge in [0.25, 0.3) is 0 Å². The van der Waals surface area contributed by atoms with Crippen LogP contribution in [0.1, 0.15) is 31.2 Å². The first-order valence-corrected chi connectivity index (χ1v) is 6.89. The fraction of sp³-hybridized carbons (Fsp3) is 0.467. The molecule has 1 aromatic rings. The van der Waals surface area contributed by atoms with Gasteiger partial charge in [-0.05, 0) is 36.5 Å². The monoisotopic (exact) mass is 297 g/mol. The van der Waals surface area contributed by atoms with Gasteiger partial charge in [0.05, 0.1) is 0 Å². The Kier molecular flexibility index (Phi) is 4.55. The minimum Gasteiger partial charge on any atom is -0.480 e. The van der Waals surface area contributed by atoms with Gasteiger partial charge in [0.2, 0.25) is 5.91 Å². The fourth-order valence-corrected chi connectivity index (χ4v) is 2.51. The van der Waals surface area contributed by atoms with E-state index in [-0.39, 0.29) is 24.3 Å². The Morgan fingerprint density at radius 2 is 2.05 bits per heavy atom. The highest BCUT2D eigenvalue weighted by atomic mass is 19.2. The summed E-state index contributed by atoms with van der Waals surface area (Å²) in [5.41, 5.74) is 0.582. The maximum Gasteiger partial charge on any atom is 0.323 e. The molecule has 1 aromatic carbocycles. The molecule has 2 rings (SSSR count). The van der Waals surface area contributed by atoms with Crippen LogP contribution < -0.4 is 0 Å². The molecule has 6 heteroatoms. The Morgan fingerprint density at radius 1 is 1.33 bits per heavy atom. The minimum absolute atomic E-state index is 0.152. The summed E-state index contributed by atoms with van der Waals surface area (Å²) in [6.45, 7) is 1.92. The molecule has 0 bridgehead atoms. The molecule has 114 valence electrons. The van der Waals surface area contributed by atoms with Crippen LogP contribution in [0.5, 0.6) is 0 Å². The van der Waals surface area contributed by atoms with Gasteiger partial charge in [-0.25, -0.2) is 8.78 Å². The van der Waals surface area contributed by atoms with E-state index in [0.717, 1.165) is 12.1 Å². The summed E-state index contributed by atoms with van der Waals surface area (Å²) in [4.78, 5) is 24.4. The summed E-state index contributed by atoms with van der Waals surface area (Å²) in [6, 6.07) is 3.62. The van der Waals surface area contributed by atoms with E-state index in [9.17, 15) is 18.4 Å². The smallest absolute Gasteiger partial charge is 0.323 e. The number of amides is 1. The summed E-state index contributed by atoms with van der Waals surface area (Å²) < 4.78 is 26.1. The van der Waals surface area contributed by atoms with Gasteiger partial charge in [-0.15, -0.1) is 0 Å². The maximum absolute atomic E-state index is 13.2. The van der Waals surface area contributed by atoms with Gasteiger partial charge in [-0.1, -0.05) is 13.0 Å². The van der Waals surface area contributed by atoms with E-state index < -0.39 is 17.6 Å². The van der Waals surface area contributed by atoms with Crippen molar-refractivity contribution >= 4 is 11.9 Å². The molecule has 1 saturated carbocycles. The number of halogens is 2. The third-order valence-corrected chi connectivity index (χ3v) is 3.61. The molecule has 0 aromatic heterocycles. The van der Waals surface area contributed by atoms with Crippen LogP contribution in [0.4, 0.5) is 8.78 Å². The van der Waals surface area contributed by atoms with Gasteiger partial charge in [0.15, 0.2) is 11.6 Å². The van der Waals surface area contributed by atoms with E-state index in [1.54, 1.807) is 0 Å². The molecule has 0 heterocycles. The van der Waals surface area contributed by atoms with Gasteiger partial charge in [-0.2, -0.15) is 0 Å². The quantitative estimate of drug-likeness (QED) is 0.877. The second-order valence-corrected chi connectivity index (χ2v) is 5.28. The van der Waals surface area contributed by atoms with Gasteiger partial charge in [0.1, 0.15) is 6.54 Å². The molecular weight excluding hydrogens is 280 g/mol. The van der Waals surface area contributed by atoms with E-state index in [4.69, 9.17) is 5.11 Å². The Balaban J connectivity index is 2.04. The van der Waals surface area contributed by atoms with Crippen LogP contribution in [0.25, 0.3) is 0 Å². The Hall–Kier alpha value is -1.98. The fourth-order valence-electron chi connectivity index (χ4n) is 2.51. The molecule has 21 heavy (non-hydrogen) atoms. The third kappa shape index (κ3) is 3.56. The van der Waals surface area contributed by atoms with Crippen LogP contribution in [0, 0.1) is 17.6 Å². The number of carboxylic acids is 1. The van der Waals surface area contributed by atoms with E-state index in [1.165, 1.54) is 11.0 Å². The molecule has 1 aliphatic carbocycles. The summed E-state index contributed by atoms with van der Waals surface area (Å²) in [5, 5.41) is 8.83. The summed E-state index contributed by atoms with van der Waals surface area (Å²) in [6.07, 6.45) is 1.21. The number of carboxylic acid groups (broad SMARTS) is 1. The van der Waals surface area contributed by atoms with Crippen molar-refractivity contribution in [1.29, 1.82) is 0 Å². The van der Waals surface area contributed by atoms with Crippen LogP contribution >= 0.6 is 0 Å². The Labute approximate surface area is 121 Å². The summed E-state index contributed by atoms with van der Waals surface area (Å²) >= 11 is 0. The number of hydrogen-bond acceptors (Lipinski definition) is 2. The van der Waals surface area contributed by atoms with Crippen LogP contribution in [-0.2, 0) is 9.59 Å². The Morgan fingerprint density at radius 3 is 2.62 bits per heavy atom. The number of carbonyl (C=O) groups excluding carboxylic acids is 1. The highest BCUT2D eigenvalue weighted by Crippen LogP contribution is 2.48. The van der Waals surface area contributed by atoms with Gasteiger partial charge >= 0.3 is 5.97 Å². The molecule has 1 amide bonds. The lowest BCUT2D eigenvalue weighted by atomic mass is 10.1. The van der Waals surface area contributed by atoms with E-state index >= 15 is 0 Å². The zero-order valence-corrected chi connectivity index (χ0v) is 11.7. The first-order chi connectivity index (χ1) is 9.93. The lowest BCUT2D eigenvalue weighted by Crippen LogP contribution is -2.37. The molecule has 2 unspecified atom stereocenters. The topological polar surface area (TPSA) is 57.6 Å². The number of benzene rings is 1. The van der Waals surface area contributed by atoms with Crippen molar-refractivity contribution in [2.75, 3.05) is 13.1 Å². The van der Waals surface area contributed by atoms with Crippen molar-refractivity contribution in [3.8, 4) is 0 Å². The van der Waals surface area contributed by atoms with Gasteiger partial charge in [-0.3, -0.25) is 9.59 Å².